The first-order chi connectivity index (χ1) is 49.4. The van der Waals surface area contributed by atoms with Crippen molar-refractivity contribution in [3.63, 3.8) is 0 Å². The maximum absolute atomic E-state index is 13.9. The Morgan fingerprint density at radius 1 is 0.466 bits per heavy atom. The van der Waals surface area contributed by atoms with Crippen LogP contribution < -0.4 is 0 Å². The predicted octanol–water partition coefficient (Wildman–Crippen LogP) is 16.1. The number of rotatable bonds is 11. The van der Waals surface area contributed by atoms with Crippen molar-refractivity contribution in [1.82, 2.24) is 29.8 Å². The standard InChI is InChI=1S/2C29H39N3O2.C22H33BrO2.C7H7N3/c1-28(34)9-7-19-17(12-28)5-6-21-20(19)8-10-29(2)25(21)22-11-23(22)26(29)24(33)15-32-14-18(13-30)27(31-32)16-3-4-16;1-28(34)9-7-19-17(12-28)5-6-21-20(19)8-10-29(2)25(21)22-11-23(22)26(29)24(33)15-32-27(16-3-4-16)18(13-30)14-31-32;1-21(25)7-5-13-12(10-21)3-4-15-14(13)6-8-22(2)19(15)16-9-17(16)20(22)18(24)11-23;8-3-6-4-9-10-7(6)5-1-2-5/h2*14,16-17,19-23,25-26,34H,3-12,15H2,1-2H3;12-17,19-20,25H,3-11H2,1-2H3;4-5H,1-2H2,(H,9,10)/t2*17-,19+,20-,21-,22-,23+,25-,26-,28-,29+;12-,13+,14-,15-,16-,17+,19-,20-,21-,22+;/m111./s1. The van der Waals surface area contributed by atoms with Crippen molar-refractivity contribution in [2.24, 2.45) is 158 Å². The molecule has 30 atom stereocenters. The van der Waals surface area contributed by atoms with Crippen LogP contribution in [0.4, 0.5) is 0 Å². The Morgan fingerprint density at radius 3 is 1.28 bits per heavy atom. The molecule has 18 saturated carbocycles. The summed E-state index contributed by atoms with van der Waals surface area (Å²) in [5.74, 6) is 19.4. The Hall–Kier alpha value is -4.53. The van der Waals surface area contributed by atoms with Crippen molar-refractivity contribution in [1.29, 1.82) is 15.8 Å². The molecule has 18 aliphatic carbocycles. The molecule has 3 aromatic rings. The van der Waals surface area contributed by atoms with Gasteiger partial charge in [-0.2, -0.15) is 31.1 Å². The number of alkyl halides is 1. The minimum absolute atomic E-state index is 0.142. The van der Waals surface area contributed by atoms with Crippen LogP contribution in [0.3, 0.4) is 0 Å². The number of hydrogen-bond donors (Lipinski definition) is 4. The zero-order chi connectivity index (χ0) is 71.3. The molecule has 0 aromatic carbocycles. The summed E-state index contributed by atoms with van der Waals surface area (Å²) in [5.41, 5.74) is 4.24. The number of carbonyl (C=O) groups excluding carboxylic acids is 3. The minimum atomic E-state index is -0.457. The number of aromatic amines is 1. The molecule has 0 unspecified atom stereocenters. The average molecular weight is 1470 g/mol. The fourth-order valence-electron chi connectivity index (χ4n) is 30.3. The van der Waals surface area contributed by atoms with Crippen LogP contribution in [0, 0.1) is 192 Å². The monoisotopic (exact) mass is 1460 g/mol. The third-order valence-corrected chi connectivity index (χ3v) is 35.0. The zero-order valence-corrected chi connectivity index (χ0v) is 64.3. The molecule has 0 amide bonds. The van der Waals surface area contributed by atoms with Gasteiger partial charge in [0.05, 0.1) is 74.8 Å². The zero-order valence-electron chi connectivity index (χ0n) is 62.7. The molecule has 15 nitrogen and oxygen atoms in total. The van der Waals surface area contributed by atoms with Gasteiger partial charge in [0.2, 0.25) is 0 Å². The summed E-state index contributed by atoms with van der Waals surface area (Å²) in [5, 5.41) is 75.9. The van der Waals surface area contributed by atoms with E-state index in [0.717, 1.165) is 164 Å². The van der Waals surface area contributed by atoms with Gasteiger partial charge in [0.1, 0.15) is 30.5 Å². The maximum atomic E-state index is 13.9. The molecule has 18 aliphatic rings. The summed E-state index contributed by atoms with van der Waals surface area (Å²) in [6, 6.07) is 6.70. The summed E-state index contributed by atoms with van der Waals surface area (Å²) in [6.45, 7) is 14.2. The van der Waals surface area contributed by atoms with Gasteiger partial charge in [-0.05, 0) is 354 Å². The third-order valence-electron chi connectivity index (χ3n) is 34.5. The predicted molar refractivity (Wildman–Crippen MR) is 393 cm³/mol. The second-order valence-corrected chi connectivity index (χ2v) is 41.2. The number of nitriles is 3. The number of nitrogens with zero attached hydrogens (tertiary/aromatic N) is 8. The van der Waals surface area contributed by atoms with Crippen molar-refractivity contribution in [3.05, 3.63) is 52.4 Å². The van der Waals surface area contributed by atoms with E-state index in [0.29, 0.717) is 118 Å². The van der Waals surface area contributed by atoms with Crippen LogP contribution in [-0.2, 0) is 27.5 Å². The molecule has 0 aliphatic heterocycles. The fraction of sp³-hybridized carbons (Fsp3) is 0.828. The lowest BCUT2D eigenvalue weighted by molar-refractivity contribution is -0.137. The largest absolute Gasteiger partial charge is 0.390 e. The first-order valence-corrected chi connectivity index (χ1v) is 43.2. The number of aliphatic hydroxyl groups is 3. The highest BCUT2D eigenvalue weighted by Crippen LogP contribution is 2.78. The van der Waals surface area contributed by atoms with E-state index in [2.05, 4.69) is 77.1 Å². The molecule has 0 bridgehead atoms. The number of hydrogen-bond acceptors (Lipinski definition) is 12. The van der Waals surface area contributed by atoms with Crippen molar-refractivity contribution >= 4 is 33.3 Å². The summed E-state index contributed by atoms with van der Waals surface area (Å²) >= 11 is 3.46. The topological polar surface area (TPSA) is 248 Å². The molecule has 0 spiro atoms. The Labute approximate surface area is 620 Å². The van der Waals surface area contributed by atoms with Gasteiger partial charge in [-0.1, -0.05) is 36.7 Å². The van der Waals surface area contributed by atoms with E-state index in [-0.39, 0.29) is 28.1 Å². The molecule has 4 N–H and O–H groups in total. The van der Waals surface area contributed by atoms with Gasteiger partial charge in [0.25, 0.3) is 0 Å². The first kappa shape index (κ1) is 70.2. The van der Waals surface area contributed by atoms with E-state index in [4.69, 9.17) is 10.4 Å². The van der Waals surface area contributed by atoms with Crippen LogP contribution in [0.1, 0.15) is 286 Å². The number of nitrogens with one attached hydrogen (secondary N) is 1. The number of H-pyrrole nitrogens is 1. The van der Waals surface area contributed by atoms with E-state index in [1.807, 2.05) is 24.7 Å². The Morgan fingerprint density at radius 2 is 0.874 bits per heavy atom. The molecule has 554 valence electrons. The van der Waals surface area contributed by atoms with Crippen molar-refractivity contribution in [3.8, 4) is 18.2 Å². The van der Waals surface area contributed by atoms with Gasteiger partial charge < -0.3 is 15.3 Å². The number of aromatic nitrogens is 6. The summed E-state index contributed by atoms with van der Waals surface area (Å²) in [7, 11) is 0. The highest BCUT2D eigenvalue weighted by molar-refractivity contribution is 9.09. The van der Waals surface area contributed by atoms with E-state index in [1.165, 1.54) is 128 Å². The third kappa shape index (κ3) is 12.1. The summed E-state index contributed by atoms with van der Waals surface area (Å²) < 4.78 is 3.67. The maximum Gasteiger partial charge on any atom is 0.158 e. The Kier molecular flexibility index (Phi) is 17.4. The lowest BCUT2D eigenvalue weighted by Crippen LogP contribution is -2.52. The second kappa shape index (κ2) is 25.5. The molecular weight excluding hydrogens is 1350 g/mol. The van der Waals surface area contributed by atoms with Crippen molar-refractivity contribution in [2.45, 2.75) is 282 Å². The average Bonchev–Trinajstić information content (AvgIpc) is 1.52. The molecule has 3 heterocycles. The van der Waals surface area contributed by atoms with Gasteiger partial charge in [-0.3, -0.25) is 28.8 Å². The van der Waals surface area contributed by atoms with Crippen LogP contribution in [-0.4, -0.2) is 84.6 Å². The normalized spacial score (nSPS) is 48.2. The molecule has 21 rings (SSSR count). The summed E-state index contributed by atoms with van der Waals surface area (Å²) in [4.78, 5) is 40.4. The van der Waals surface area contributed by atoms with E-state index in [9.17, 15) is 40.2 Å². The number of ketones is 3. The first-order valence-electron chi connectivity index (χ1n) is 42.0. The number of carbonyl (C=O) groups is 3. The van der Waals surface area contributed by atoms with E-state index in [1.54, 1.807) is 17.1 Å². The number of fused-ring (bicyclic) bond motifs is 21. The highest BCUT2D eigenvalue weighted by atomic mass is 79.9. The lowest BCUT2D eigenvalue weighted by atomic mass is 9.48. The second-order valence-electron chi connectivity index (χ2n) is 40.7. The fourth-order valence-corrected chi connectivity index (χ4v) is 30.6. The van der Waals surface area contributed by atoms with Gasteiger partial charge in [-0.25, -0.2) is 0 Å². The van der Waals surface area contributed by atoms with Crippen molar-refractivity contribution < 1.29 is 29.7 Å². The molecule has 16 heteroatoms. The smallest absolute Gasteiger partial charge is 0.158 e. The summed E-state index contributed by atoms with van der Waals surface area (Å²) in [6.07, 6.45) is 40.8. The molecule has 0 radical (unpaired) electrons. The van der Waals surface area contributed by atoms with Gasteiger partial charge >= 0.3 is 0 Å². The Bertz CT molecular complexity index is 3930. The van der Waals surface area contributed by atoms with Gasteiger partial charge in [-0.15, -0.1) is 0 Å². The lowest BCUT2D eigenvalue weighted by Gasteiger charge is -2.57. The van der Waals surface area contributed by atoms with Crippen LogP contribution in [0.2, 0.25) is 0 Å². The SMILES string of the molecule is C[C@@]1(O)CC[C@H]2[C@H](CC[C@@H]3[C@@H]2CC[C@@]2(C)[C@H]3[C@@H]3C[C@@H]3[C@@H]2C(=O)CBr)C1.C[C@@]1(O)CC[C@H]2[C@H](CC[C@@H]3[C@@H]2CC[C@@]2(C)[C@H]3[C@@H]3C[C@@H]3[C@@H]2C(=O)Cn2cc(C#N)c(C3CC3)n2)C1.C[C@@]1(O)CC[C@H]2[C@H](CC[C@@H]3[C@@H]2CC[C@@]2(C)[C@H]3[C@@H]3C[C@@H]3[C@@H]2C(=O)Cn2ncc(C#N)c2C2CC2)C1.N#Cc1cn[nH]c1C1CC1. The highest BCUT2D eigenvalue weighted by Gasteiger charge is 2.74. The van der Waals surface area contributed by atoms with Crippen LogP contribution in [0.5, 0.6) is 0 Å². The molecular formula is C87H118BrN9O6. The van der Waals surface area contributed by atoms with Gasteiger partial charge in [0.15, 0.2) is 11.6 Å². The van der Waals surface area contributed by atoms with E-state index >= 15 is 0 Å². The van der Waals surface area contributed by atoms with Crippen LogP contribution >= 0.6 is 15.9 Å². The Balaban J connectivity index is 0.000000104. The van der Waals surface area contributed by atoms with Crippen LogP contribution in [0.25, 0.3) is 0 Å². The molecule has 0 saturated heterocycles. The molecule has 18 fully saturated rings. The van der Waals surface area contributed by atoms with E-state index < -0.39 is 16.8 Å². The quantitative estimate of drug-likeness (QED) is 0.131. The number of Topliss-reactive ketones (excluding diaryl/α,β-unsaturated/α-hetero) is 3. The minimum Gasteiger partial charge on any atom is -0.390 e. The van der Waals surface area contributed by atoms with Crippen molar-refractivity contribution in [2.75, 3.05) is 5.33 Å². The number of halogens is 1. The van der Waals surface area contributed by atoms with Crippen LogP contribution in [0.15, 0.2) is 18.6 Å². The van der Waals surface area contributed by atoms with Gasteiger partial charge in [0, 0.05) is 41.7 Å². The molecule has 103 heavy (non-hydrogen) atoms. The molecule has 3 aromatic heterocycles.